The summed E-state index contributed by atoms with van der Waals surface area (Å²) in [4.78, 5) is 8.65. The monoisotopic (exact) mass is 300 g/mol. The number of nitrogens with zero attached hydrogens (tertiary/aromatic N) is 2. The van der Waals surface area contributed by atoms with Crippen molar-refractivity contribution >= 4 is 42.9 Å². The van der Waals surface area contributed by atoms with Crippen LogP contribution in [-0.4, -0.2) is 9.97 Å². The van der Waals surface area contributed by atoms with Gasteiger partial charge in [0.2, 0.25) is 0 Å². The molecule has 0 aliphatic rings. The maximum Gasteiger partial charge on any atom is 0.0901 e. The molecule has 0 aliphatic heterocycles. The fourth-order valence-electron chi connectivity index (χ4n) is 1.10. The summed E-state index contributed by atoms with van der Waals surface area (Å²) < 4.78 is 0.958. The molecule has 0 spiro atoms. The van der Waals surface area contributed by atoms with E-state index < -0.39 is 0 Å². The number of aromatic nitrogens is 2. The van der Waals surface area contributed by atoms with E-state index in [1.54, 1.807) is 6.20 Å². The van der Waals surface area contributed by atoms with Crippen molar-refractivity contribution in [2.24, 2.45) is 0 Å². The van der Waals surface area contributed by atoms with E-state index in [1.165, 1.54) is 0 Å². The molecule has 4 heteroatoms. The van der Waals surface area contributed by atoms with Gasteiger partial charge in [-0.05, 0) is 34.1 Å². The zero-order valence-electron chi connectivity index (χ0n) is 6.67. The Bertz CT molecular complexity index is 443. The van der Waals surface area contributed by atoms with E-state index in [-0.39, 0.29) is 0 Å². The highest BCUT2D eigenvalue weighted by molar-refractivity contribution is 9.10. The van der Waals surface area contributed by atoms with Gasteiger partial charge in [0, 0.05) is 16.0 Å². The van der Waals surface area contributed by atoms with Crippen LogP contribution in [-0.2, 0) is 5.33 Å². The van der Waals surface area contributed by atoms with Crippen LogP contribution >= 0.6 is 31.9 Å². The number of hydrogen-bond acceptors (Lipinski definition) is 2. The molecule has 0 aromatic carbocycles. The molecule has 2 aromatic rings. The van der Waals surface area contributed by atoms with Gasteiger partial charge in [-0.15, -0.1) is 0 Å². The van der Waals surface area contributed by atoms with Gasteiger partial charge in [-0.3, -0.25) is 9.97 Å². The molecule has 0 amide bonds. The molecule has 2 aromatic heterocycles. The summed E-state index contributed by atoms with van der Waals surface area (Å²) in [5, 5.41) is 0.773. The minimum absolute atomic E-state index is 0.773. The highest BCUT2D eigenvalue weighted by atomic mass is 79.9. The van der Waals surface area contributed by atoms with Crippen molar-refractivity contribution in [1.29, 1.82) is 0 Å². The van der Waals surface area contributed by atoms with Gasteiger partial charge in [-0.2, -0.15) is 0 Å². The van der Waals surface area contributed by atoms with Crippen LogP contribution in [0.25, 0.3) is 11.0 Å². The van der Waals surface area contributed by atoms with E-state index in [1.807, 2.05) is 18.2 Å². The van der Waals surface area contributed by atoms with E-state index in [4.69, 9.17) is 0 Å². The van der Waals surface area contributed by atoms with Gasteiger partial charge in [-0.25, -0.2) is 0 Å². The molecular formula is C9H6Br2N2. The Labute approximate surface area is 92.7 Å². The van der Waals surface area contributed by atoms with Gasteiger partial charge >= 0.3 is 0 Å². The highest BCUT2D eigenvalue weighted by Crippen LogP contribution is 2.16. The number of fused-ring (bicyclic) bond motifs is 1. The molecule has 0 bridgehead atoms. The molecule has 2 rings (SSSR count). The lowest BCUT2D eigenvalue weighted by atomic mass is 10.3. The molecule has 0 saturated heterocycles. The highest BCUT2D eigenvalue weighted by Gasteiger charge is 1.98. The van der Waals surface area contributed by atoms with Gasteiger partial charge in [0.25, 0.3) is 0 Å². The average molecular weight is 302 g/mol. The molecule has 2 nitrogen and oxygen atoms in total. The second-order valence-electron chi connectivity index (χ2n) is 2.63. The first-order valence-corrected chi connectivity index (χ1v) is 5.68. The maximum absolute atomic E-state index is 4.42. The molecule has 0 radical (unpaired) electrons. The largest absolute Gasteiger partial charge is 0.253 e. The molecule has 2 heterocycles. The predicted molar refractivity (Wildman–Crippen MR) is 59.9 cm³/mol. The Balaban J connectivity index is 2.68. The van der Waals surface area contributed by atoms with E-state index in [0.29, 0.717) is 0 Å². The quantitative estimate of drug-likeness (QED) is 0.755. The van der Waals surface area contributed by atoms with Crippen LogP contribution in [0.2, 0.25) is 0 Å². The Morgan fingerprint density at radius 3 is 2.85 bits per heavy atom. The van der Waals surface area contributed by atoms with Crippen LogP contribution in [0.15, 0.2) is 28.9 Å². The van der Waals surface area contributed by atoms with Crippen LogP contribution < -0.4 is 0 Å². The smallest absolute Gasteiger partial charge is 0.0901 e. The van der Waals surface area contributed by atoms with Crippen LogP contribution in [0.5, 0.6) is 0 Å². The fourth-order valence-corrected chi connectivity index (χ4v) is 1.73. The fraction of sp³-hybridized carbons (Fsp3) is 0.111. The maximum atomic E-state index is 4.42. The number of hydrogen-bond donors (Lipinski definition) is 0. The number of rotatable bonds is 1. The third kappa shape index (κ3) is 1.89. The number of alkyl halides is 1. The van der Waals surface area contributed by atoms with Crippen molar-refractivity contribution in [1.82, 2.24) is 9.97 Å². The zero-order valence-corrected chi connectivity index (χ0v) is 9.84. The Morgan fingerprint density at radius 1 is 1.23 bits per heavy atom. The first-order chi connectivity index (χ1) is 6.29. The molecule has 0 fully saturated rings. The summed E-state index contributed by atoms with van der Waals surface area (Å²) in [6.07, 6.45) is 1.78. The van der Waals surface area contributed by atoms with Gasteiger partial charge in [0.1, 0.15) is 0 Å². The second-order valence-corrected chi connectivity index (χ2v) is 4.10. The van der Waals surface area contributed by atoms with E-state index in [2.05, 4.69) is 41.8 Å². The van der Waals surface area contributed by atoms with Gasteiger partial charge in [0.05, 0.1) is 16.7 Å². The lowest BCUT2D eigenvalue weighted by Crippen LogP contribution is -1.87. The summed E-state index contributed by atoms with van der Waals surface area (Å²) >= 11 is 6.73. The number of pyridine rings is 2. The Morgan fingerprint density at radius 2 is 2.08 bits per heavy atom. The summed E-state index contributed by atoms with van der Waals surface area (Å²) in [6, 6.07) is 5.91. The minimum Gasteiger partial charge on any atom is -0.253 e. The van der Waals surface area contributed by atoms with Crippen molar-refractivity contribution in [3.8, 4) is 0 Å². The SMILES string of the molecule is BrCc1ccc2ncc(Br)cc2n1. The van der Waals surface area contributed by atoms with Gasteiger partial charge in [-0.1, -0.05) is 15.9 Å². The molecular weight excluding hydrogens is 296 g/mol. The lowest BCUT2D eigenvalue weighted by molar-refractivity contribution is 1.21. The summed E-state index contributed by atoms with van der Waals surface area (Å²) in [5.41, 5.74) is 2.87. The van der Waals surface area contributed by atoms with Crippen LogP contribution in [0.3, 0.4) is 0 Å². The molecule has 0 atom stereocenters. The van der Waals surface area contributed by atoms with Crippen molar-refractivity contribution in [3.05, 3.63) is 34.6 Å². The molecule has 0 N–H and O–H groups in total. The predicted octanol–water partition coefficient (Wildman–Crippen LogP) is 3.29. The van der Waals surface area contributed by atoms with Crippen molar-refractivity contribution in [2.45, 2.75) is 5.33 Å². The molecule has 66 valence electrons. The van der Waals surface area contributed by atoms with Gasteiger partial charge in [0.15, 0.2) is 0 Å². The summed E-state index contributed by atoms with van der Waals surface area (Å²) in [7, 11) is 0. The summed E-state index contributed by atoms with van der Waals surface area (Å²) in [6.45, 7) is 0. The third-order valence-electron chi connectivity index (χ3n) is 1.70. The van der Waals surface area contributed by atoms with E-state index in [0.717, 1.165) is 26.5 Å². The minimum atomic E-state index is 0.773. The lowest BCUT2D eigenvalue weighted by Gasteiger charge is -1.99. The molecule has 0 saturated carbocycles. The van der Waals surface area contributed by atoms with Crippen molar-refractivity contribution < 1.29 is 0 Å². The number of halogens is 2. The Kier molecular flexibility index (Phi) is 2.60. The molecule has 13 heavy (non-hydrogen) atoms. The van der Waals surface area contributed by atoms with Crippen molar-refractivity contribution in [2.75, 3.05) is 0 Å². The van der Waals surface area contributed by atoms with Crippen LogP contribution in [0, 0.1) is 0 Å². The molecule has 0 unspecified atom stereocenters. The summed E-state index contributed by atoms with van der Waals surface area (Å²) in [5.74, 6) is 0. The van der Waals surface area contributed by atoms with Gasteiger partial charge < -0.3 is 0 Å². The van der Waals surface area contributed by atoms with Crippen LogP contribution in [0.1, 0.15) is 5.69 Å². The van der Waals surface area contributed by atoms with E-state index in [9.17, 15) is 0 Å². The zero-order chi connectivity index (χ0) is 9.26. The topological polar surface area (TPSA) is 25.8 Å². The molecule has 0 aliphatic carbocycles. The first kappa shape index (κ1) is 9.09. The van der Waals surface area contributed by atoms with Crippen LogP contribution in [0.4, 0.5) is 0 Å². The normalized spacial score (nSPS) is 10.6. The van der Waals surface area contributed by atoms with E-state index >= 15 is 0 Å². The Hall–Kier alpha value is -0.480. The second kappa shape index (κ2) is 3.72. The van der Waals surface area contributed by atoms with Crippen molar-refractivity contribution in [3.63, 3.8) is 0 Å². The third-order valence-corrected chi connectivity index (χ3v) is 2.71. The first-order valence-electron chi connectivity index (χ1n) is 3.77. The standard InChI is InChI=1S/C9H6Br2N2/c10-4-7-1-2-8-9(13-7)3-6(11)5-12-8/h1-3,5H,4H2. The average Bonchev–Trinajstić information content (AvgIpc) is 2.16.